The molecule has 15 N–H and O–H groups in total. The second-order valence-electron chi connectivity index (χ2n) is 0.513. The summed E-state index contributed by atoms with van der Waals surface area (Å²) in [5.41, 5.74) is 0. The predicted molar refractivity (Wildman–Crippen MR) is 36.5 cm³/mol. The zero-order valence-corrected chi connectivity index (χ0v) is 5.92. The zero-order valence-electron chi connectivity index (χ0n) is 5.03. The first-order valence-electron chi connectivity index (χ1n) is 0.783. The molecule has 0 aromatic rings. The molecule has 0 aromatic heterocycles. The zero-order chi connectivity index (χ0) is 4.50. The van der Waals surface area contributed by atoms with E-state index in [-0.39, 0.29) is 26.0 Å². The molecule has 0 saturated heterocycles. The Morgan fingerprint density at radius 2 is 0.889 bits per heavy atom. The molecule has 0 aliphatic heterocycles. The summed E-state index contributed by atoms with van der Waals surface area (Å²) in [6.45, 7) is 0. The highest BCUT2D eigenvalue weighted by Gasteiger charge is 2.00. The molecule has 9 heteroatoms. The van der Waals surface area contributed by atoms with Crippen molar-refractivity contribution in [1.82, 2.24) is 24.6 Å². The minimum Gasteiger partial charge on any atom is -0.344 e. The largest absolute Gasteiger partial charge is 0.466 e. The van der Waals surface area contributed by atoms with Gasteiger partial charge in [0, 0.05) is 1.43 Å². The lowest BCUT2D eigenvalue weighted by atomic mass is 14.0. The molecule has 0 aromatic carbocycles. The summed E-state index contributed by atoms with van der Waals surface area (Å²) in [6, 6.07) is 0. The summed E-state index contributed by atoms with van der Waals surface area (Å²) in [5, 5.41) is 0. The van der Waals surface area contributed by atoms with Gasteiger partial charge in [-0.15, -0.1) is 0 Å². The van der Waals surface area contributed by atoms with Crippen LogP contribution in [0.15, 0.2) is 0 Å². The maximum Gasteiger partial charge on any atom is 0.466 e. The topological polar surface area (TPSA) is 218 Å². The van der Waals surface area contributed by atoms with Crippen molar-refractivity contribution in [3.8, 4) is 0 Å². The fourth-order valence-corrected chi connectivity index (χ4v) is 0. The molecule has 0 aliphatic rings. The third kappa shape index (κ3) is 113000. The lowest BCUT2D eigenvalue weighted by molar-refractivity contribution is 0.275. The van der Waals surface area contributed by atoms with Gasteiger partial charge in [0.25, 0.3) is 0 Å². The van der Waals surface area contributed by atoms with Gasteiger partial charge in [-0.05, 0) is 0 Å². The van der Waals surface area contributed by atoms with Gasteiger partial charge in [-0.1, -0.05) is 0 Å². The molecular weight excluding hydrogens is 151 g/mol. The van der Waals surface area contributed by atoms with Crippen LogP contribution in [-0.4, -0.2) is 14.7 Å². The van der Waals surface area contributed by atoms with Crippen LogP contribution in [0.5, 0.6) is 0 Å². The quantitative estimate of drug-likeness (QED) is 0.242. The fourth-order valence-electron chi connectivity index (χ4n) is 0. The first kappa shape index (κ1) is 36.3. The van der Waals surface area contributed by atoms with E-state index in [4.69, 9.17) is 19.2 Å². The van der Waals surface area contributed by atoms with Crippen LogP contribution in [0, 0.1) is 0 Å². The molecule has 0 saturated carbocycles. The summed E-state index contributed by atoms with van der Waals surface area (Å²) < 4.78 is 8.88. The average Bonchev–Trinajstić information content (AvgIpc) is 0.722. The van der Waals surface area contributed by atoms with Gasteiger partial charge in [-0.3, -0.25) is 0 Å². The van der Waals surface area contributed by atoms with Crippen molar-refractivity contribution in [3.05, 3.63) is 0 Å². The molecule has 0 amide bonds. The molecule has 66 valence electrons. The third-order valence-electron chi connectivity index (χ3n) is 0. The van der Waals surface area contributed by atoms with Gasteiger partial charge in [-0.2, -0.15) is 0 Å². The van der Waals surface area contributed by atoms with Crippen LogP contribution in [0.25, 0.3) is 0 Å². The highest BCUT2D eigenvalue weighted by molar-refractivity contribution is 7.45. The van der Waals surface area contributed by atoms with Gasteiger partial charge in [0.2, 0.25) is 0 Å². The van der Waals surface area contributed by atoms with Crippen LogP contribution in [0.1, 0.15) is 1.43 Å². The normalized spacial score (nSPS) is 6.56. The van der Waals surface area contributed by atoms with Crippen molar-refractivity contribution < 1.29 is 20.7 Å². The van der Waals surface area contributed by atoms with E-state index >= 15 is 0 Å². The van der Waals surface area contributed by atoms with Gasteiger partial charge in [0.1, 0.15) is 0 Å². The van der Waals surface area contributed by atoms with Crippen LogP contribution in [0.3, 0.4) is 0 Å². The van der Waals surface area contributed by atoms with Crippen molar-refractivity contribution in [2.75, 3.05) is 0 Å². The summed E-state index contributed by atoms with van der Waals surface area (Å²) in [6.07, 6.45) is 0. The molecule has 0 heterocycles. The van der Waals surface area contributed by atoms with Gasteiger partial charge in [0.05, 0.1) is 0 Å². The second kappa shape index (κ2) is 10.8. The summed E-state index contributed by atoms with van der Waals surface area (Å²) in [7, 11) is -4.64. The number of hydrogen-bond acceptors (Lipinski definition) is 5. The Labute approximate surface area is 54.3 Å². The summed E-state index contributed by atoms with van der Waals surface area (Å²) in [4.78, 5) is 21.6. The van der Waals surface area contributed by atoms with E-state index in [2.05, 4.69) is 0 Å². The summed E-state index contributed by atoms with van der Waals surface area (Å²) in [5.74, 6) is 0. The molecule has 0 aliphatic carbocycles. The Morgan fingerprint density at radius 3 is 0.889 bits per heavy atom. The lowest BCUT2D eigenvalue weighted by Crippen LogP contribution is -1.66. The van der Waals surface area contributed by atoms with Crippen LogP contribution in [0.4, 0.5) is 0 Å². The number of phosphoric acid groups is 1. The highest BCUT2D eigenvalue weighted by atomic mass is 31.2. The van der Waals surface area contributed by atoms with E-state index in [0.29, 0.717) is 0 Å². The van der Waals surface area contributed by atoms with Gasteiger partial charge in [-0.25, -0.2) is 4.57 Å². The van der Waals surface area contributed by atoms with E-state index in [9.17, 15) is 0 Å². The molecule has 0 radical (unpaired) electrons. The van der Waals surface area contributed by atoms with E-state index in [0.717, 1.165) is 0 Å². The van der Waals surface area contributed by atoms with E-state index < -0.39 is 7.82 Å². The van der Waals surface area contributed by atoms with Crippen molar-refractivity contribution in [2.24, 2.45) is 0 Å². The number of hydrogen-bond donors (Lipinski definition) is 7. The molecule has 9 heavy (non-hydrogen) atoms. The first-order valence-corrected chi connectivity index (χ1v) is 2.35. The standard InChI is InChI=1S/4H3N.H3O4P.H2/c;;;;1-5(2,3)4;/h4*1H3;(H3,1,2,3,4);1H. The molecule has 0 bridgehead atoms. The second-order valence-corrected chi connectivity index (χ2v) is 1.54. The van der Waals surface area contributed by atoms with Crippen molar-refractivity contribution in [3.63, 3.8) is 0 Å². The molecule has 8 nitrogen and oxygen atoms in total. The van der Waals surface area contributed by atoms with Crippen molar-refractivity contribution in [1.29, 1.82) is 0 Å². The monoisotopic (exact) mass is 168 g/mol. The third-order valence-corrected chi connectivity index (χ3v) is 0. The fraction of sp³-hybridized carbons (Fsp3) is 0. The van der Waals surface area contributed by atoms with E-state index in [1.165, 1.54) is 0 Å². The van der Waals surface area contributed by atoms with Crippen LogP contribution < -0.4 is 24.6 Å². The SMILES string of the molecule is N.N.N.N.O=P(O)(O)O.[HH]. The van der Waals surface area contributed by atoms with Gasteiger partial charge >= 0.3 is 7.82 Å². The van der Waals surface area contributed by atoms with Crippen LogP contribution >= 0.6 is 7.82 Å². The Bertz CT molecular complexity index is 63.4. The maximum absolute atomic E-state index is 8.88. The maximum atomic E-state index is 8.88. The van der Waals surface area contributed by atoms with E-state index in [1.807, 2.05) is 0 Å². The van der Waals surface area contributed by atoms with Crippen LogP contribution in [-0.2, 0) is 4.57 Å². The molecule has 0 rings (SSSR count). The van der Waals surface area contributed by atoms with Crippen molar-refractivity contribution in [2.45, 2.75) is 0 Å². The summed E-state index contributed by atoms with van der Waals surface area (Å²) >= 11 is 0. The van der Waals surface area contributed by atoms with Gasteiger partial charge < -0.3 is 39.3 Å². The highest BCUT2D eigenvalue weighted by Crippen LogP contribution is 2.25. The molecular formula is H17N4O4P. The molecule has 0 atom stereocenters. The molecule has 0 spiro atoms. The Hall–Kier alpha value is -0.0500. The molecule has 0 unspecified atom stereocenters. The minimum atomic E-state index is -4.64. The Morgan fingerprint density at radius 1 is 0.889 bits per heavy atom. The Kier molecular flexibility index (Phi) is 43.7. The van der Waals surface area contributed by atoms with Crippen molar-refractivity contribution >= 4 is 7.82 Å². The van der Waals surface area contributed by atoms with Gasteiger partial charge in [0.15, 0.2) is 0 Å². The van der Waals surface area contributed by atoms with E-state index in [1.54, 1.807) is 0 Å². The minimum absolute atomic E-state index is 0. The smallest absolute Gasteiger partial charge is 0.344 e. The number of rotatable bonds is 0. The molecule has 0 fully saturated rings. The average molecular weight is 168 g/mol. The Balaban J connectivity index is -0.00000000800. The lowest BCUT2D eigenvalue weighted by Gasteiger charge is -1.82. The first-order chi connectivity index (χ1) is 2.00. The predicted octanol–water partition coefficient (Wildman–Crippen LogP) is -0.0346. The van der Waals surface area contributed by atoms with Crippen LogP contribution in [0.2, 0.25) is 0 Å².